The molecule has 2 N–H and O–H groups in total. The van der Waals surface area contributed by atoms with Crippen LogP contribution in [0.15, 0.2) is 70.2 Å². The second-order valence-corrected chi connectivity index (χ2v) is 9.97. The minimum Gasteiger partial charge on any atom is -0.468 e. The van der Waals surface area contributed by atoms with Crippen molar-refractivity contribution < 1.29 is 26.4 Å². The van der Waals surface area contributed by atoms with E-state index in [1.165, 1.54) is 36.6 Å². The van der Waals surface area contributed by atoms with E-state index in [-0.39, 0.29) is 23.4 Å². The van der Waals surface area contributed by atoms with E-state index < -0.39 is 21.7 Å². The van der Waals surface area contributed by atoms with Crippen molar-refractivity contribution in [3.8, 4) is 0 Å². The maximum atomic E-state index is 13.4. The number of rotatable bonds is 8. The monoisotopic (exact) mass is 489 g/mol. The zero-order valence-electron chi connectivity index (χ0n) is 18.3. The number of hydrogen-bond acceptors (Lipinski definition) is 5. The quantitative estimate of drug-likeness (QED) is 0.506. The molecule has 10 heteroatoms. The summed E-state index contributed by atoms with van der Waals surface area (Å²) in [6, 6.07) is 13.0. The molecule has 1 aliphatic heterocycles. The fraction of sp³-hybridized carbons (Fsp3) is 0.292. The van der Waals surface area contributed by atoms with Gasteiger partial charge in [0.2, 0.25) is 10.0 Å². The first-order valence-electron chi connectivity index (χ1n) is 10.9. The highest BCUT2D eigenvalue weighted by molar-refractivity contribution is 7.89. The van der Waals surface area contributed by atoms with Crippen LogP contribution in [0.2, 0.25) is 0 Å². The van der Waals surface area contributed by atoms with Crippen LogP contribution in [0.3, 0.4) is 0 Å². The van der Waals surface area contributed by atoms with Crippen LogP contribution in [0.25, 0.3) is 0 Å². The number of amides is 1. The van der Waals surface area contributed by atoms with Crippen LogP contribution in [0, 0.1) is 11.6 Å². The molecule has 1 amide bonds. The first-order valence-corrected chi connectivity index (χ1v) is 12.4. The minimum atomic E-state index is -3.73. The lowest BCUT2D eigenvalue weighted by Gasteiger charge is -2.32. The third kappa shape index (κ3) is 6.07. The highest BCUT2D eigenvalue weighted by Crippen LogP contribution is 2.17. The molecule has 0 saturated carbocycles. The molecule has 0 bridgehead atoms. The third-order valence-electron chi connectivity index (χ3n) is 5.76. The van der Waals surface area contributed by atoms with Gasteiger partial charge >= 0.3 is 0 Å². The highest BCUT2D eigenvalue weighted by Gasteiger charge is 2.22. The summed E-state index contributed by atoms with van der Waals surface area (Å²) in [5, 5.41) is 2.99. The van der Waals surface area contributed by atoms with Crippen LogP contribution in [-0.4, -0.2) is 38.4 Å². The molecule has 2 heterocycles. The van der Waals surface area contributed by atoms with Gasteiger partial charge in [0.1, 0.15) is 5.76 Å². The van der Waals surface area contributed by atoms with E-state index in [9.17, 15) is 22.0 Å². The molecule has 1 aliphatic rings. The number of carbonyl (C=O) groups is 1. The standard InChI is InChI=1S/C24H25F2N3O4S/c25-22-8-3-17(14-23(22)26)16-29-11-9-19(10-12-29)28-24(30)18-4-6-21(7-5-18)34(31,32)27-15-20-2-1-13-33-20/h1-8,13-14,19,27H,9-12,15-16H2,(H,28,30). The van der Waals surface area contributed by atoms with Gasteiger partial charge in [-0.05, 0) is 66.9 Å². The Morgan fingerprint density at radius 3 is 2.41 bits per heavy atom. The zero-order chi connectivity index (χ0) is 24.1. The van der Waals surface area contributed by atoms with Gasteiger partial charge in [-0.3, -0.25) is 9.69 Å². The molecule has 7 nitrogen and oxygen atoms in total. The Hall–Kier alpha value is -3.08. The Labute approximate surface area is 196 Å². The second kappa shape index (κ2) is 10.5. The largest absolute Gasteiger partial charge is 0.468 e. The van der Waals surface area contributed by atoms with Gasteiger partial charge in [0.05, 0.1) is 17.7 Å². The Bertz CT molecular complexity index is 1220. The average molecular weight is 490 g/mol. The van der Waals surface area contributed by atoms with Crippen LogP contribution < -0.4 is 10.0 Å². The summed E-state index contributed by atoms with van der Waals surface area (Å²) in [7, 11) is -3.73. The Kier molecular flexibility index (Phi) is 7.40. The van der Waals surface area contributed by atoms with Crippen molar-refractivity contribution in [2.24, 2.45) is 0 Å². The fourth-order valence-electron chi connectivity index (χ4n) is 3.85. The average Bonchev–Trinajstić information content (AvgIpc) is 3.35. The van der Waals surface area contributed by atoms with Crippen molar-refractivity contribution >= 4 is 15.9 Å². The van der Waals surface area contributed by atoms with Crippen molar-refractivity contribution in [1.29, 1.82) is 0 Å². The Morgan fingerprint density at radius 2 is 1.76 bits per heavy atom. The highest BCUT2D eigenvalue weighted by atomic mass is 32.2. The summed E-state index contributed by atoms with van der Waals surface area (Å²) in [5.41, 5.74) is 1.07. The van der Waals surface area contributed by atoms with Crippen LogP contribution in [0.1, 0.15) is 34.5 Å². The second-order valence-electron chi connectivity index (χ2n) is 8.20. The molecular weight excluding hydrogens is 464 g/mol. The predicted molar refractivity (Wildman–Crippen MR) is 121 cm³/mol. The number of hydrogen-bond donors (Lipinski definition) is 2. The molecule has 1 aromatic heterocycles. The van der Waals surface area contributed by atoms with E-state index in [1.54, 1.807) is 18.2 Å². The van der Waals surface area contributed by atoms with Crippen molar-refractivity contribution in [2.75, 3.05) is 13.1 Å². The normalized spacial score (nSPS) is 15.4. The van der Waals surface area contributed by atoms with Gasteiger partial charge in [-0.1, -0.05) is 6.07 Å². The number of carbonyl (C=O) groups excluding carboxylic acids is 1. The van der Waals surface area contributed by atoms with E-state index in [1.807, 2.05) is 0 Å². The lowest BCUT2D eigenvalue weighted by Crippen LogP contribution is -2.44. The number of piperidine rings is 1. The van der Waals surface area contributed by atoms with Gasteiger partial charge in [-0.2, -0.15) is 0 Å². The number of furan rings is 1. The number of nitrogens with one attached hydrogen (secondary N) is 2. The van der Waals surface area contributed by atoms with Crippen LogP contribution in [0.4, 0.5) is 8.78 Å². The number of likely N-dealkylation sites (tertiary alicyclic amines) is 1. The molecule has 2 aromatic carbocycles. The van der Waals surface area contributed by atoms with Gasteiger partial charge < -0.3 is 9.73 Å². The topological polar surface area (TPSA) is 91.7 Å². The molecule has 34 heavy (non-hydrogen) atoms. The van der Waals surface area contributed by atoms with Crippen LogP contribution in [0.5, 0.6) is 0 Å². The maximum absolute atomic E-state index is 13.4. The van der Waals surface area contributed by atoms with E-state index in [0.29, 0.717) is 36.5 Å². The van der Waals surface area contributed by atoms with Gasteiger partial charge in [-0.15, -0.1) is 0 Å². The number of benzene rings is 2. The molecule has 0 radical (unpaired) electrons. The number of sulfonamides is 1. The molecule has 4 rings (SSSR count). The molecule has 3 aromatic rings. The van der Waals surface area contributed by atoms with Crippen LogP contribution >= 0.6 is 0 Å². The van der Waals surface area contributed by atoms with Crippen molar-refractivity contribution in [2.45, 2.75) is 36.9 Å². The predicted octanol–water partition coefficient (Wildman–Crippen LogP) is 3.43. The minimum absolute atomic E-state index is 0.0212. The van der Waals surface area contributed by atoms with Crippen LogP contribution in [-0.2, 0) is 23.1 Å². The summed E-state index contributed by atoms with van der Waals surface area (Å²) in [5.74, 6) is -1.49. The van der Waals surface area contributed by atoms with E-state index >= 15 is 0 Å². The van der Waals surface area contributed by atoms with Crippen molar-refractivity contribution in [3.05, 3.63) is 89.4 Å². The Balaban J connectivity index is 1.26. The SMILES string of the molecule is O=C(NC1CCN(Cc2ccc(F)c(F)c2)CC1)c1ccc(S(=O)(=O)NCc2ccco2)cc1. The van der Waals surface area contributed by atoms with Gasteiger partial charge in [-0.25, -0.2) is 21.9 Å². The van der Waals surface area contributed by atoms with Gasteiger partial charge in [0.15, 0.2) is 11.6 Å². The molecular formula is C24H25F2N3O4S. The van der Waals surface area contributed by atoms with E-state index in [0.717, 1.165) is 18.9 Å². The van der Waals surface area contributed by atoms with E-state index in [2.05, 4.69) is 14.9 Å². The summed E-state index contributed by atoms with van der Waals surface area (Å²) in [6.07, 6.45) is 2.91. The fourth-order valence-corrected chi connectivity index (χ4v) is 4.84. The molecule has 1 saturated heterocycles. The molecule has 0 spiro atoms. The maximum Gasteiger partial charge on any atom is 0.251 e. The summed E-state index contributed by atoms with van der Waals surface area (Å²) >= 11 is 0. The number of nitrogens with zero attached hydrogens (tertiary/aromatic N) is 1. The molecule has 0 atom stereocenters. The Morgan fingerprint density at radius 1 is 1.03 bits per heavy atom. The molecule has 0 unspecified atom stereocenters. The first-order chi connectivity index (χ1) is 16.3. The lowest BCUT2D eigenvalue weighted by molar-refractivity contribution is 0.0908. The summed E-state index contributed by atoms with van der Waals surface area (Å²) in [4.78, 5) is 14.8. The zero-order valence-corrected chi connectivity index (χ0v) is 19.2. The molecule has 180 valence electrons. The number of halogens is 2. The summed E-state index contributed by atoms with van der Waals surface area (Å²) < 4.78 is 58.9. The van der Waals surface area contributed by atoms with Crippen molar-refractivity contribution in [1.82, 2.24) is 14.9 Å². The van der Waals surface area contributed by atoms with E-state index in [4.69, 9.17) is 4.42 Å². The summed E-state index contributed by atoms with van der Waals surface area (Å²) in [6.45, 7) is 1.97. The van der Waals surface area contributed by atoms with Gasteiger partial charge in [0.25, 0.3) is 5.91 Å². The first kappa shape index (κ1) is 24.1. The lowest BCUT2D eigenvalue weighted by atomic mass is 10.0. The third-order valence-corrected chi connectivity index (χ3v) is 7.17. The van der Waals surface area contributed by atoms with Crippen molar-refractivity contribution in [3.63, 3.8) is 0 Å². The van der Waals surface area contributed by atoms with Gasteiger partial charge in [0, 0.05) is 31.2 Å². The molecule has 0 aliphatic carbocycles. The smallest absolute Gasteiger partial charge is 0.251 e. The molecule has 1 fully saturated rings.